The topological polar surface area (TPSA) is 114 Å². The van der Waals surface area contributed by atoms with Gasteiger partial charge in [-0.05, 0) is 31.1 Å². The van der Waals surface area contributed by atoms with Crippen LogP contribution in [0.25, 0.3) is 0 Å². The molecule has 1 saturated carbocycles. The van der Waals surface area contributed by atoms with Crippen LogP contribution in [0, 0.1) is 17.8 Å². The van der Waals surface area contributed by atoms with Crippen molar-refractivity contribution in [1.29, 1.82) is 0 Å². The number of carbonyl (C=O) groups is 2. The summed E-state index contributed by atoms with van der Waals surface area (Å²) in [4.78, 5) is 26.9. The normalized spacial score (nSPS) is 23.9. The van der Waals surface area contributed by atoms with Gasteiger partial charge in [-0.25, -0.2) is 4.79 Å². The number of nitrogens with two attached hydrogens (primary N) is 1. The number of ether oxygens (including phenoxy) is 1. The Hall–Kier alpha value is -1.79. The average Bonchev–Trinajstić information content (AvgIpc) is 2.49. The van der Waals surface area contributed by atoms with E-state index in [-0.39, 0.29) is 29.7 Å². The highest BCUT2D eigenvalue weighted by Gasteiger charge is 2.28. The lowest BCUT2D eigenvalue weighted by Crippen LogP contribution is -2.47. The minimum Gasteiger partial charge on any atom is -0.480 e. The first kappa shape index (κ1) is 18.3. The minimum atomic E-state index is -0.948. The highest BCUT2D eigenvalue weighted by atomic mass is 16.5. The fourth-order valence-electron chi connectivity index (χ4n) is 2.78. The number of esters is 1. The zero-order valence-corrected chi connectivity index (χ0v) is 13.5. The van der Waals surface area contributed by atoms with Crippen LogP contribution < -0.4 is 11.1 Å². The summed E-state index contributed by atoms with van der Waals surface area (Å²) in [5.74, 6) is -0.843. The molecule has 2 unspecified atom stereocenters. The first-order valence-electron chi connectivity index (χ1n) is 7.72. The summed E-state index contributed by atoms with van der Waals surface area (Å²) in [7, 11) is 1.41. The van der Waals surface area contributed by atoms with E-state index in [1.807, 2.05) is 0 Å². The fraction of sp³-hybridized carbons (Fsp3) is 0.800. The number of carboxylic acid groups (broad SMARTS) is 1. The zero-order chi connectivity index (χ0) is 16.7. The lowest BCUT2D eigenvalue weighted by Gasteiger charge is -2.26. The van der Waals surface area contributed by atoms with Crippen molar-refractivity contribution < 1.29 is 19.4 Å². The van der Waals surface area contributed by atoms with Gasteiger partial charge in [0, 0.05) is 6.54 Å². The van der Waals surface area contributed by atoms with E-state index in [2.05, 4.69) is 10.3 Å². The van der Waals surface area contributed by atoms with Crippen LogP contribution in [0.5, 0.6) is 0 Å². The molecule has 0 aromatic carbocycles. The maximum Gasteiger partial charge on any atom is 0.326 e. The predicted molar refractivity (Wildman–Crippen MR) is 83.4 cm³/mol. The molecular formula is C15H27N3O4. The van der Waals surface area contributed by atoms with Crippen LogP contribution in [0.4, 0.5) is 0 Å². The number of hydrogen-bond donors (Lipinski definition) is 3. The lowest BCUT2D eigenvalue weighted by molar-refractivity contribution is -0.147. The van der Waals surface area contributed by atoms with Gasteiger partial charge in [0.25, 0.3) is 0 Å². The summed E-state index contributed by atoms with van der Waals surface area (Å²) in [6.45, 7) is 4.11. The number of aliphatic imine (C=N–C) groups is 1. The van der Waals surface area contributed by atoms with Crippen molar-refractivity contribution in [3.8, 4) is 0 Å². The SMILES string of the molecule is COC(=O)C1CCCC(CN=C(N)N[C@H](C(=O)O)C(C)C)C1. The molecule has 0 aromatic rings. The number of methoxy groups -OCH3 is 1. The summed E-state index contributed by atoms with van der Waals surface area (Å²) >= 11 is 0. The standard InChI is InChI=1S/C15H27N3O4/c1-9(2)12(13(19)20)18-15(16)17-8-10-5-4-6-11(7-10)14(21)22-3/h9-12H,4-8H2,1-3H3,(H,19,20)(H3,16,17,18)/t10?,11?,12-/m0/s1. The van der Waals surface area contributed by atoms with Crippen molar-refractivity contribution >= 4 is 17.9 Å². The van der Waals surface area contributed by atoms with Crippen molar-refractivity contribution in [3.05, 3.63) is 0 Å². The molecule has 126 valence electrons. The summed E-state index contributed by atoms with van der Waals surface area (Å²) < 4.78 is 4.79. The molecule has 0 saturated heterocycles. The fourth-order valence-corrected chi connectivity index (χ4v) is 2.78. The van der Waals surface area contributed by atoms with Crippen molar-refractivity contribution in [2.45, 2.75) is 45.6 Å². The van der Waals surface area contributed by atoms with Crippen LogP contribution in [-0.2, 0) is 14.3 Å². The van der Waals surface area contributed by atoms with Gasteiger partial charge in [0.1, 0.15) is 6.04 Å². The van der Waals surface area contributed by atoms with E-state index in [1.54, 1.807) is 13.8 Å². The van der Waals surface area contributed by atoms with Gasteiger partial charge in [-0.15, -0.1) is 0 Å². The third kappa shape index (κ3) is 5.54. The monoisotopic (exact) mass is 313 g/mol. The molecule has 0 aliphatic heterocycles. The van der Waals surface area contributed by atoms with E-state index >= 15 is 0 Å². The van der Waals surface area contributed by atoms with Gasteiger partial charge >= 0.3 is 11.9 Å². The van der Waals surface area contributed by atoms with E-state index in [0.717, 1.165) is 25.7 Å². The molecule has 1 aliphatic carbocycles. The molecule has 1 rings (SSSR count). The second kappa shape index (κ2) is 8.60. The van der Waals surface area contributed by atoms with Crippen LogP contribution in [0.3, 0.4) is 0 Å². The zero-order valence-electron chi connectivity index (χ0n) is 13.5. The number of rotatable bonds is 6. The Bertz CT molecular complexity index is 423. The van der Waals surface area contributed by atoms with Crippen molar-refractivity contribution in [1.82, 2.24) is 5.32 Å². The third-order valence-corrected chi connectivity index (χ3v) is 4.07. The second-order valence-corrected chi connectivity index (χ2v) is 6.18. The number of carbonyl (C=O) groups excluding carboxylic acids is 1. The van der Waals surface area contributed by atoms with Crippen LogP contribution in [0.15, 0.2) is 4.99 Å². The van der Waals surface area contributed by atoms with E-state index in [1.165, 1.54) is 7.11 Å². The van der Waals surface area contributed by atoms with Gasteiger partial charge in [-0.3, -0.25) is 9.79 Å². The molecular weight excluding hydrogens is 286 g/mol. The summed E-state index contributed by atoms with van der Waals surface area (Å²) in [5.41, 5.74) is 5.77. The van der Waals surface area contributed by atoms with Crippen molar-refractivity contribution in [2.24, 2.45) is 28.5 Å². The summed E-state index contributed by atoms with van der Waals surface area (Å²) in [5, 5.41) is 11.8. The molecule has 7 heteroatoms. The number of carboxylic acids is 1. The highest BCUT2D eigenvalue weighted by molar-refractivity contribution is 5.84. The molecule has 22 heavy (non-hydrogen) atoms. The van der Waals surface area contributed by atoms with E-state index < -0.39 is 12.0 Å². The molecule has 0 amide bonds. The second-order valence-electron chi connectivity index (χ2n) is 6.18. The van der Waals surface area contributed by atoms with Crippen molar-refractivity contribution in [3.63, 3.8) is 0 Å². The minimum absolute atomic E-state index is 0.0597. The van der Waals surface area contributed by atoms with Crippen molar-refractivity contribution in [2.75, 3.05) is 13.7 Å². The van der Waals surface area contributed by atoms with Crippen LogP contribution in [0.2, 0.25) is 0 Å². The molecule has 7 nitrogen and oxygen atoms in total. The Morgan fingerprint density at radius 1 is 1.41 bits per heavy atom. The van der Waals surface area contributed by atoms with Gasteiger partial charge in [-0.2, -0.15) is 0 Å². The molecule has 0 bridgehead atoms. The molecule has 0 aromatic heterocycles. The first-order valence-corrected chi connectivity index (χ1v) is 7.72. The average molecular weight is 313 g/mol. The van der Waals surface area contributed by atoms with E-state index in [9.17, 15) is 9.59 Å². The van der Waals surface area contributed by atoms with Crippen LogP contribution >= 0.6 is 0 Å². The number of nitrogens with zero attached hydrogens (tertiary/aromatic N) is 1. The van der Waals surface area contributed by atoms with Gasteiger partial charge in [-0.1, -0.05) is 20.3 Å². The van der Waals surface area contributed by atoms with E-state index in [0.29, 0.717) is 6.54 Å². The Balaban J connectivity index is 2.52. The first-order chi connectivity index (χ1) is 10.3. The maximum atomic E-state index is 11.6. The number of hydrogen-bond acceptors (Lipinski definition) is 4. The van der Waals surface area contributed by atoms with Crippen LogP contribution in [0.1, 0.15) is 39.5 Å². The Morgan fingerprint density at radius 2 is 2.09 bits per heavy atom. The van der Waals surface area contributed by atoms with Gasteiger partial charge in [0.05, 0.1) is 13.0 Å². The van der Waals surface area contributed by atoms with Crippen LogP contribution in [-0.4, -0.2) is 42.7 Å². The number of aliphatic carboxylic acids is 1. The highest BCUT2D eigenvalue weighted by Crippen LogP contribution is 2.29. The maximum absolute atomic E-state index is 11.6. The molecule has 0 heterocycles. The molecule has 3 atom stereocenters. The van der Waals surface area contributed by atoms with Gasteiger partial charge in [0.2, 0.25) is 0 Å². The lowest BCUT2D eigenvalue weighted by atomic mass is 9.81. The van der Waals surface area contributed by atoms with E-state index in [4.69, 9.17) is 15.6 Å². The third-order valence-electron chi connectivity index (χ3n) is 4.07. The Morgan fingerprint density at radius 3 is 2.64 bits per heavy atom. The number of guanidine groups is 1. The van der Waals surface area contributed by atoms with Gasteiger partial charge in [0.15, 0.2) is 5.96 Å². The quantitative estimate of drug-likeness (QED) is 0.382. The smallest absolute Gasteiger partial charge is 0.326 e. The number of nitrogens with one attached hydrogen (secondary N) is 1. The molecule has 4 N–H and O–H groups in total. The Kier molecular flexibility index (Phi) is 7.14. The summed E-state index contributed by atoms with van der Waals surface area (Å²) in [6, 6.07) is -0.752. The largest absolute Gasteiger partial charge is 0.480 e. The molecule has 1 fully saturated rings. The van der Waals surface area contributed by atoms with Gasteiger partial charge < -0.3 is 20.9 Å². The molecule has 0 spiro atoms. The molecule has 0 radical (unpaired) electrons. The summed E-state index contributed by atoms with van der Waals surface area (Å²) in [6.07, 6.45) is 3.57. The Labute approximate surface area is 131 Å². The predicted octanol–water partition coefficient (Wildman–Crippen LogP) is 0.979. The molecule has 1 aliphatic rings.